The molecule has 1 aliphatic rings. The number of nitrogens with one attached hydrogen (secondary N) is 2. The average Bonchev–Trinajstić information content (AvgIpc) is 2.97. The predicted molar refractivity (Wildman–Crippen MR) is 82.0 cm³/mol. The maximum Gasteiger partial charge on any atom is 0.270 e. The number of carbonyl (C=O) groups is 2. The molecule has 1 fully saturated rings. The molecule has 6 nitrogen and oxygen atoms in total. The first-order chi connectivity index (χ1) is 10.2. The van der Waals surface area contributed by atoms with Gasteiger partial charge in [0.25, 0.3) is 5.91 Å². The SMILES string of the molecule is NCc1nc(C(=O)NCCC(=O)NC2CCCCC2)cs1. The van der Waals surface area contributed by atoms with Crippen molar-refractivity contribution in [3.63, 3.8) is 0 Å². The van der Waals surface area contributed by atoms with Crippen LogP contribution in [0.15, 0.2) is 5.38 Å². The lowest BCUT2D eigenvalue weighted by Crippen LogP contribution is -2.38. The second-order valence-electron chi connectivity index (χ2n) is 5.24. The maximum absolute atomic E-state index is 11.8. The molecule has 2 rings (SSSR count). The molecule has 2 amide bonds. The Morgan fingerprint density at radius 3 is 2.76 bits per heavy atom. The smallest absolute Gasteiger partial charge is 0.270 e. The van der Waals surface area contributed by atoms with Crippen LogP contribution in [0.4, 0.5) is 0 Å². The van der Waals surface area contributed by atoms with E-state index in [1.54, 1.807) is 5.38 Å². The van der Waals surface area contributed by atoms with Crippen LogP contribution in [0.2, 0.25) is 0 Å². The molecule has 1 aromatic heterocycles. The molecule has 1 heterocycles. The third-order valence-corrected chi connectivity index (χ3v) is 4.44. The highest BCUT2D eigenvalue weighted by Gasteiger charge is 2.16. The highest BCUT2D eigenvalue weighted by molar-refractivity contribution is 7.09. The van der Waals surface area contributed by atoms with Gasteiger partial charge in [-0.3, -0.25) is 9.59 Å². The Morgan fingerprint density at radius 1 is 1.33 bits per heavy atom. The summed E-state index contributed by atoms with van der Waals surface area (Å²) in [5.74, 6) is -0.250. The van der Waals surface area contributed by atoms with Crippen molar-refractivity contribution < 1.29 is 9.59 Å². The lowest BCUT2D eigenvalue weighted by atomic mass is 9.95. The number of nitrogens with zero attached hydrogens (tertiary/aromatic N) is 1. The van der Waals surface area contributed by atoms with E-state index in [-0.39, 0.29) is 11.8 Å². The number of nitrogens with two attached hydrogens (primary N) is 1. The second kappa shape index (κ2) is 8.09. The second-order valence-corrected chi connectivity index (χ2v) is 6.18. The topological polar surface area (TPSA) is 97.1 Å². The van der Waals surface area contributed by atoms with Gasteiger partial charge in [0.05, 0.1) is 0 Å². The first-order valence-electron chi connectivity index (χ1n) is 7.41. The molecule has 0 spiro atoms. The van der Waals surface area contributed by atoms with Crippen LogP contribution in [0, 0.1) is 0 Å². The minimum Gasteiger partial charge on any atom is -0.353 e. The maximum atomic E-state index is 11.8. The molecule has 0 bridgehead atoms. The van der Waals surface area contributed by atoms with Crippen LogP contribution in [0.3, 0.4) is 0 Å². The fourth-order valence-corrected chi connectivity index (χ4v) is 3.09. The zero-order chi connectivity index (χ0) is 15.1. The Bertz CT molecular complexity index is 483. The summed E-state index contributed by atoms with van der Waals surface area (Å²) < 4.78 is 0. The molecule has 21 heavy (non-hydrogen) atoms. The van der Waals surface area contributed by atoms with Crippen LogP contribution >= 0.6 is 11.3 Å². The normalized spacial score (nSPS) is 15.7. The van der Waals surface area contributed by atoms with Gasteiger partial charge in [0.15, 0.2) is 0 Å². The van der Waals surface area contributed by atoms with E-state index < -0.39 is 0 Å². The summed E-state index contributed by atoms with van der Waals surface area (Å²) >= 11 is 1.36. The third-order valence-electron chi connectivity index (χ3n) is 3.57. The lowest BCUT2D eigenvalue weighted by molar-refractivity contribution is -0.121. The Morgan fingerprint density at radius 2 is 2.10 bits per heavy atom. The van der Waals surface area contributed by atoms with Crippen LogP contribution < -0.4 is 16.4 Å². The summed E-state index contributed by atoms with van der Waals surface area (Å²) in [6, 6.07) is 0.313. The number of hydrogen-bond acceptors (Lipinski definition) is 5. The molecule has 1 saturated carbocycles. The number of amides is 2. The van der Waals surface area contributed by atoms with Gasteiger partial charge in [0, 0.05) is 30.9 Å². The molecule has 0 aliphatic heterocycles. The van der Waals surface area contributed by atoms with E-state index in [1.807, 2.05) is 0 Å². The number of thiazole rings is 1. The molecule has 0 saturated heterocycles. The van der Waals surface area contributed by atoms with E-state index in [2.05, 4.69) is 15.6 Å². The van der Waals surface area contributed by atoms with E-state index in [4.69, 9.17) is 5.73 Å². The molecule has 7 heteroatoms. The Hall–Kier alpha value is -1.47. The number of carbonyl (C=O) groups excluding carboxylic acids is 2. The molecule has 0 atom stereocenters. The molecule has 0 radical (unpaired) electrons. The van der Waals surface area contributed by atoms with Crippen LogP contribution in [-0.4, -0.2) is 29.4 Å². The zero-order valence-corrected chi connectivity index (χ0v) is 12.9. The summed E-state index contributed by atoms with van der Waals surface area (Å²) in [5, 5.41) is 8.15. The molecule has 116 valence electrons. The molecule has 1 aliphatic carbocycles. The molecule has 1 aromatic rings. The van der Waals surface area contributed by atoms with E-state index in [9.17, 15) is 9.59 Å². The monoisotopic (exact) mass is 310 g/mol. The van der Waals surface area contributed by atoms with E-state index >= 15 is 0 Å². The van der Waals surface area contributed by atoms with Gasteiger partial charge in [0.1, 0.15) is 10.7 Å². The van der Waals surface area contributed by atoms with Gasteiger partial charge in [-0.05, 0) is 12.8 Å². The fourth-order valence-electron chi connectivity index (χ4n) is 2.44. The van der Waals surface area contributed by atoms with Crippen LogP contribution in [0.25, 0.3) is 0 Å². The minimum absolute atomic E-state index is 0.00289. The van der Waals surface area contributed by atoms with Gasteiger partial charge >= 0.3 is 0 Å². The summed E-state index contributed by atoms with van der Waals surface area (Å²) in [4.78, 5) is 27.7. The fraction of sp³-hybridized carbons (Fsp3) is 0.643. The molecular weight excluding hydrogens is 288 g/mol. The van der Waals surface area contributed by atoms with Crippen molar-refractivity contribution in [2.75, 3.05) is 6.54 Å². The quantitative estimate of drug-likeness (QED) is 0.734. The van der Waals surface area contributed by atoms with Gasteiger partial charge in [-0.15, -0.1) is 11.3 Å². The summed E-state index contributed by atoms with van der Waals surface area (Å²) in [6.45, 7) is 0.661. The van der Waals surface area contributed by atoms with Crippen molar-refractivity contribution >= 4 is 23.2 Å². The number of rotatable bonds is 6. The van der Waals surface area contributed by atoms with Crippen LogP contribution in [0.5, 0.6) is 0 Å². The predicted octanol–water partition coefficient (Wildman–Crippen LogP) is 1.17. The lowest BCUT2D eigenvalue weighted by Gasteiger charge is -2.22. The molecule has 0 unspecified atom stereocenters. The van der Waals surface area contributed by atoms with E-state index in [0.717, 1.165) is 17.8 Å². The van der Waals surface area contributed by atoms with Crippen LogP contribution in [-0.2, 0) is 11.3 Å². The minimum atomic E-state index is -0.253. The van der Waals surface area contributed by atoms with E-state index in [1.165, 1.54) is 30.6 Å². The van der Waals surface area contributed by atoms with Crippen molar-refractivity contribution in [3.05, 3.63) is 16.1 Å². The van der Waals surface area contributed by atoms with Gasteiger partial charge in [-0.1, -0.05) is 19.3 Å². The Kier molecular flexibility index (Phi) is 6.13. The highest BCUT2D eigenvalue weighted by atomic mass is 32.1. The molecule has 4 N–H and O–H groups in total. The Balaban J connectivity index is 1.66. The first kappa shape index (κ1) is 15.9. The van der Waals surface area contributed by atoms with Gasteiger partial charge < -0.3 is 16.4 Å². The number of hydrogen-bond donors (Lipinski definition) is 3. The Labute approximate surface area is 128 Å². The van der Waals surface area contributed by atoms with Gasteiger partial charge in [0.2, 0.25) is 5.91 Å². The first-order valence-corrected chi connectivity index (χ1v) is 8.29. The third kappa shape index (κ3) is 5.09. The largest absolute Gasteiger partial charge is 0.353 e. The van der Waals surface area contributed by atoms with Gasteiger partial charge in [-0.25, -0.2) is 4.98 Å². The molecular formula is C14H22N4O2S. The summed E-state index contributed by atoms with van der Waals surface area (Å²) in [7, 11) is 0. The van der Waals surface area contributed by atoms with Crippen molar-refractivity contribution in [1.29, 1.82) is 0 Å². The van der Waals surface area contributed by atoms with E-state index in [0.29, 0.717) is 31.2 Å². The summed E-state index contributed by atoms with van der Waals surface area (Å²) in [5.41, 5.74) is 5.82. The molecule has 0 aromatic carbocycles. The standard InChI is InChI=1S/C14H22N4O2S/c15-8-13-18-11(9-21-13)14(20)16-7-6-12(19)17-10-4-2-1-3-5-10/h9-10H,1-8,15H2,(H,16,20)(H,17,19). The van der Waals surface area contributed by atoms with Crippen molar-refractivity contribution in [3.8, 4) is 0 Å². The van der Waals surface area contributed by atoms with Crippen molar-refractivity contribution in [2.24, 2.45) is 5.73 Å². The van der Waals surface area contributed by atoms with Crippen molar-refractivity contribution in [2.45, 2.75) is 51.1 Å². The summed E-state index contributed by atoms with van der Waals surface area (Å²) in [6.07, 6.45) is 6.08. The van der Waals surface area contributed by atoms with Gasteiger partial charge in [-0.2, -0.15) is 0 Å². The van der Waals surface area contributed by atoms with Crippen molar-refractivity contribution in [1.82, 2.24) is 15.6 Å². The average molecular weight is 310 g/mol. The number of aromatic nitrogens is 1. The highest BCUT2D eigenvalue weighted by Crippen LogP contribution is 2.17. The zero-order valence-electron chi connectivity index (χ0n) is 12.1. The van der Waals surface area contributed by atoms with Crippen LogP contribution in [0.1, 0.15) is 54.0 Å².